The third kappa shape index (κ3) is 4.13. The van der Waals surface area contributed by atoms with Gasteiger partial charge in [-0.15, -0.1) is 0 Å². The van der Waals surface area contributed by atoms with Crippen molar-refractivity contribution in [3.05, 3.63) is 72.1 Å². The van der Waals surface area contributed by atoms with Crippen LogP contribution in [-0.2, 0) is 17.8 Å². The van der Waals surface area contributed by atoms with E-state index in [1.54, 1.807) is 0 Å². The standard InChI is InChI=1S/C24H27NO2/c1-3-4-17-25-18(2)23(19-11-7-5-8-12-19)24(20-13-9-6-10-14-20)21(25)15-16-22(26)27/h5-14H,3-4,15-17H2,1-2H3,(H,26,27). The van der Waals surface area contributed by atoms with E-state index in [2.05, 4.69) is 54.8 Å². The summed E-state index contributed by atoms with van der Waals surface area (Å²) < 4.78 is 2.34. The smallest absolute Gasteiger partial charge is 0.303 e. The Kier molecular flexibility index (Phi) is 6.12. The van der Waals surface area contributed by atoms with Gasteiger partial charge >= 0.3 is 5.97 Å². The van der Waals surface area contributed by atoms with Crippen molar-refractivity contribution < 1.29 is 9.90 Å². The largest absolute Gasteiger partial charge is 0.481 e. The maximum absolute atomic E-state index is 11.3. The van der Waals surface area contributed by atoms with Gasteiger partial charge in [0.25, 0.3) is 0 Å². The number of hydrogen-bond donors (Lipinski definition) is 1. The number of unbranched alkanes of at least 4 members (excludes halogenated alkanes) is 1. The van der Waals surface area contributed by atoms with E-state index in [-0.39, 0.29) is 6.42 Å². The summed E-state index contributed by atoms with van der Waals surface area (Å²) in [6, 6.07) is 20.8. The Balaban J connectivity index is 2.26. The molecule has 3 nitrogen and oxygen atoms in total. The number of carboxylic acid groups (broad SMARTS) is 1. The molecule has 0 aliphatic rings. The molecule has 0 amide bonds. The Hall–Kier alpha value is -2.81. The van der Waals surface area contributed by atoms with E-state index in [1.165, 1.54) is 22.4 Å². The van der Waals surface area contributed by atoms with Crippen molar-refractivity contribution in [1.29, 1.82) is 0 Å². The lowest BCUT2D eigenvalue weighted by Gasteiger charge is -2.12. The molecule has 0 aliphatic heterocycles. The molecule has 3 heteroatoms. The number of aromatic nitrogens is 1. The Labute approximate surface area is 161 Å². The van der Waals surface area contributed by atoms with Crippen molar-refractivity contribution in [2.24, 2.45) is 0 Å². The van der Waals surface area contributed by atoms with Crippen LogP contribution in [0.3, 0.4) is 0 Å². The van der Waals surface area contributed by atoms with Gasteiger partial charge in [-0.05, 0) is 30.9 Å². The van der Waals surface area contributed by atoms with E-state index < -0.39 is 5.97 Å². The van der Waals surface area contributed by atoms with Crippen LogP contribution in [0.5, 0.6) is 0 Å². The van der Waals surface area contributed by atoms with Gasteiger partial charge in [0.15, 0.2) is 0 Å². The van der Waals surface area contributed by atoms with Crippen LogP contribution < -0.4 is 0 Å². The van der Waals surface area contributed by atoms with Gasteiger partial charge in [0.1, 0.15) is 0 Å². The van der Waals surface area contributed by atoms with Crippen LogP contribution >= 0.6 is 0 Å². The molecule has 1 heterocycles. The van der Waals surface area contributed by atoms with E-state index >= 15 is 0 Å². The molecule has 0 saturated heterocycles. The van der Waals surface area contributed by atoms with Crippen LogP contribution in [0.15, 0.2) is 60.7 Å². The van der Waals surface area contributed by atoms with Crippen molar-refractivity contribution in [2.45, 2.75) is 46.1 Å². The van der Waals surface area contributed by atoms with Gasteiger partial charge in [-0.25, -0.2) is 0 Å². The summed E-state index contributed by atoms with van der Waals surface area (Å²) in [5.74, 6) is -0.754. The molecule has 0 bridgehead atoms. The molecule has 0 fully saturated rings. The summed E-state index contributed by atoms with van der Waals surface area (Å²) in [5.41, 5.74) is 7.08. The number of hydrogen-bond acceptors (Lipinski definition) is 1. The van der Waals surface area contributed by atoms with Crippen molar-refractivity contribution in [1.82, 2.24) is 4.57 Å². The lowest BCUT2D eigenvalue weighted by molar-refractivity contribution is -0.136. The van der Waals surface area contributed by atoms with Crippen LogP contribution in [0, 0.1) is 6.92 Å². The van der Waals surface area contributed by atoms with E-state index in [9.17, 15) is 9.90 Å². The van der Waals surface area contributed by atoms with Crippen LogP contribution in [0.2, 0.25) is 0 Å². The number of carboxylic acids is 1. The Bertz CT molecular complexity index is 895. The van der Waals surface area contributed by atoms with Gasteiger partial charge in [-0.3, -0.25) is 4.79 Å². The first-order valence-corrected chi connectivity index (χ1v) is 9.68. The van der Waals surface area contributed by atoms with Crippen molar-refractivity contribution >= 4 is 5.97 Å². The van der Waals surface area contributed by atoms with Gasteiger partial charge in [0.05, 0.1) is 6.42 Å². The Morgan fingerprint density at radius 3 is 2.00 bits per heavy atom. The zero-order valence-electron chi connectivity index (χ0n) is 16.1. The zero-order valence-corrected chi connectivity index (χ0v) is 16.1. The highest BCUT2D eigenvalue weighted by atomic mass is 16.4. The quantitative estimate of drug-likeness (QED) is 0.539. The summed E-state index contributed by atoms with van der Waals surface area (Å²) >= 11 is 0. The second-order valence-electron chi connectivity index (χ2n) is 6.91. The molecular weight excluding hydrogens is 334 g/mol. The average Bonchev–Trinajstić information content (AvgIpc) is 2.97. The zero-order chi connectivity index (χ0) is 19.2. The molecule has 2 aromatic carbocycles. The predicted molar refractivity (Wildman–Crippen MR) is 111 cm³/mol. The highest BCUT2D eigenvalue weighted by Gasteiger charge is 2.22. The summed E-state index contributed by atoms with van der Waals surface area (Å²) in [6.07, 6.45) is 2.87. The summed E-state index contributed by atoms with van der Waals surface area (Å²) in [7, 11) is 0. The molecule has 140 valence electrons. The van der Waals surface area contributed by atoms with Crippen molar-refractivity contribution in [3.8, 4) is 22.3 Å². The third-order valence-electron chi connectivity index (χ3n) is 5.07. The van der Waals surface area contributed by atoms with Crippen molar-refractivity contribution in [2.75, 3.05) is 0 Å². The highest BCUT2D eigenvalue weighted by Crippen LogP contribution is 2.40. The first-order valence-electron chi connectivity index (χ1n) is 9.68. The van der Waals surface area contributed by atoms with Gasteiger partial charge in [-0.1, -0.05) is 74.0 Å². The van der Waals surface area contributed by atoms with E-state index in [1.807, 2.05) is 24.3 Å². The fourth-order valence-corrected chi connectivity index (χ4v) is 3.78. The second kappa shape index (κ2) is 8.72. The molecule has 27 heavy (non-hydrogen) atoms. The first-order chi connectivity index (χ1) is 13.1. The topological polar surface area (TPSA) is 42.2 Å². The normalized spacial score (nSPS) is 10.9. The molecular formula is C24H27NO2. The lowest BCUT2D eigenvalue weighted by Crippen LogP contribution is -2.08. The number of benzene rings is 2. The van der Waals surface area contributed by atoms with Crippen LogP contribution in [-0.4, -0.2) is 15.6 Å². The minimum Gasteiger partial charge on any atom is -0.481 e. The minimum absolute atomic E-state index is 0.143. The molecule has 0 spiro atoms. The minimum atomic E-state index is -0.754. The molecule has 0 saturated carbocycles. The molecule has 1 aromatic heterocycles. The molecule has 0 atom stereocenters. The number of carbonyl (C=O) groups is 1. The van der Waals surface area contributed by atoms with Gasteiger partial charge in [-0.2, -0.15) is 0 Å². The van der Waals surface area contributed by atoms with Crippen LogP contribution in [0.25, 0.3) is 22.3 Å². The summed E-state index contributed by atoms with van der Waals surface area (Å²) in [5, 5.41) is 9.29. The molecule has 3 aromatic rings. The van der Waals surface area contributed by atoms with Gasteiger partial charge in [0, 0.05) is 29.1 Å². The summed E-state index contributed by atoms with van der Waals surface area (Å²) in [4.78, 5) is 11.3. The molecule has 0 radical (unpaired) electrons. The predicted octanol–water partition coefficient (Wildman–Crippen LogP) is 5.95. The van der Waals surface area contributed by atoms with E-state index in [0.717, 1.165) is 30.6 Å². The highest BCUT2D eigenvalue weighted by molar-refractivity contribution is 5.88. The van der Waals surface area contributed by atoms with Gasteiger partial charge < -0.3 is 9.67 Å². The number of rotatable bonds is 8. The van der Waals surface area contributed by atoms with E-state index in [4.69, 9.17) is 0 Å². The Morgan fingerprint density at radius 2 is 1.48 bits per heavy atom. The third-order valence-corrected chi connectivity index (χ3v) is 5.07. The fourth-order valence-electron chi connectivity index (χ4n) is 3.78. The average molecular weight is 361 g/mol. The second-order valence-corrected chi connectivity index (χ2v) is 6.91. The molecule has 3 rings (SSSR count). The number of aliphatic carboxylic acids is 1. The maximum atomic E-state index is 11.3. The summed E-state index contributed by atoms with van der Waals surface area (Å²) in [6.45, 7) is 5.27. The monoisotopic (exact) mass is 361 g/mol. The van der Waals surface area contributed by atoms with Crippen LogP contribution in [0.1, 0.15) is 37.6 Å². The lowest BCUT2D eigenvalue weighted by atomic mass is 9.94. The molecule has 0 aliphatic carbocycles. The number of nitrogens with zero attached hydrogens (tertiary/aromatic N) is 1. The molecule has 0 unspecified atom stereocenters. The van der Waals surface area contributed by atoms with Crippen LogP contribution in [0.4, 0.5) is 0 Å². The fraction of sp³-hybridized carbons (Fsp3) is 0.292. The van der Waals surface area contributed by atoms with E-state index in [0.29, 0.717) is 6.42 Å². The van der Waals surface area contributed by atoms with Crippen molar-refractivity contribution in [3.63, 3.8) is 0 Å². The first kappa shape index (κ1) is 19.0. The Morgan fingerprint density at radius 1 is 0.926 bits per heavy atom. The SMILES string of the molecule is CCCCn1c(C)c(-c2ccccc2)c(-c2ccccc2)c1CCC(=O)O. The molecule has 1 N–H and O–H groups in total. The van der Waals surface area contributed by atoms with Gasteiger partial charge in [0.2, 0.25) is 0 Å². The maximum Gasteiger partial charge on any atom is 0.303 e.